The first-order valence-electron chi connectivity index (χ1n) is 6.88. The summed E-state index contributed by atoms with van der Waals surface area (Å²) in [6.45, 7) is 1.81. The Morgan fingerprint density at radius 2 is 2.16 bits per heavy atom. The average Bonchev–Trinajstić information content (AvgIpc) is 2.39. The summed E-state index contributed by atoms with van der Waals surface area (Å²) in [5.41, 5.74) is 8.07. The lowest BCUT2D eigenvalue weighted by Gasteiger charge is -2.14. The number of rotatable bonds is 5. The topological polar surface area (TPSA) is 67.1 Å². The molecule has 5 heteroatoms. The minimum atomic E-state index is 0.344. The molecule has 0 unspecified atom stereocenters. The third kappa shape index (κ3) is 4.21. The van der Waals surface area contributed by atoms with Crippen LogP contribution >= 0.6 is 0 Å². The van der Waals surface area contributed by atoms with E-state index >= 15 is 0 Å². The van der Waals surface area contributed by atoms with E-state index in [9.17, 15) is 0 Å². The van der Waals surface area contributed by atoms with E-state index in [1.807, 2.05) is 20.2 Å². The van der Waals surface area contributed by atoms with Crippen molar-refractivity contribution in [3.05, 3.63) is 17.8 Å². The van der Waals surface area contributed by atoms with Crippen LogP contribution in [0.5, 0.6) is 0 Å². The lowest BCUT2D eigenvalue weighted by atomic mass is 9.97. The monoisotopic (exact) mass is 261 g/mol. The average molecular weight is 261 g/mol. The molecule has 0 radical (unpaired) electrons. The number of allylic oxidation sites excluding steroid dienone is 2. The number of likely N-dealkylation sites (N-methyl/N-ethyl adjacent to an activating group) is 1. The van der Waals surface area contributed by atoms with Gasteiger partial charge in [-0.05, 0) is 45.4 Å². The van der Waals surface area contributed by atoms with E-state index in [0.717, 1.165) is 37.4 Å². The summed E-state index contributed by atoms with van der Waals surface area (Å²) in [6, 6.07) is 2.00. The van der Waals surface area contributed by atoms with Crippen molar-refractivity contribution in [1.82, 2.24) is 14.9 Å². The van der Waals surface area contributed by atoms with Gasteiger partial charge in [-0.15, -0.1) is 0 Å². The van der Waals surface area contributed by atoms with Gasteiger partial charge in [-0.3, -0.25) is 0 Å². The van der Waals surface area contributed by atoms with Gasteiger partial charge in [0.15, 0.2) is 0 Å². The molecule has 0 spiro atoms. The summed E-state index contributed by atoms with van der Waals surface area (Å²) in [5, 5.41) is 3.30. The van der Waals surface area contributed by atoms with Crippen molar-refractivity contribution < 1.29 is 0 Å². The second-order valence-corrected chi connectivity index (χ2v) is 5.20. The molecule has 0 saturated carbocycles. The molecule has 0 fully saturated rings. The van der Waals surface area contributed by atoms with Crippen molar-refractivity contribution >= 4 is 17.3 Å². The van der Waals surface area contributed by atoms with Crippen molar-refractivity contribution in [3.8, 4) is 0 Å². The molecule has 104 valence electrons. The number of nitrogens with one attached hydrogen (secondary N) is 1. The van der Waals surface area contributed by atoms with E-state index in [2.05, 4.69) is 26.3 Å². The Morgan fingerprint density at radius 3 is 2.84 bits per heavy atom. The molecule has 0 aliphatic heterocycles. The maximum absolute atomic E-state index is 5.80. The molecule has 2 rings (SSSR count). The second-order valence-electron chi connectivity index (χ2n) is 5.20. The van der Waals surface area contributed by atoms with Crippen LogP contribution in [0.15, 0.2) is 12.1 Å². The SMILES string of the molecule is CN(C)CCNc1cc(C2=CCCCC2)nc(N)n1. The highest BCUT2D eigenvalue weighted by Crippen LogP contribution is 2.26. The predicted octanol–water partition coefficient (Wildman–Crippen LogP) is 1.99. The Bertz CT molecular complexity index is 453. The van der Waals surface area contributed by atoms with Crippen LogP contribution in [0.25, 0.3) is 5.57 Å². The molecule has 3 N–H and O–H groups in total. The van der Waals surface area contributed by atoms with Crippen LogP contribution in [0, 0.1) is 0 Å². The Kier molecular flexibility index (Phi) is 4.74. The second kappa shape index (κ2) is 6.52. The van der Waals surface area contributed by atoms with Gasteiger partial charge in [0.1, 0.15) is 5.82 Å². The Labute approximate surface area is 114 Å². The van der Waals surface area contributed by atoms with E-state index in [1.165, 1.54) is 18.4 Å². The molecule has 0 amide bonds. The van der Waals surface area contributed by atoms with E-state index in [4.69, 9.17) is 5.73 Å². The molecule has 0 atom stereocenters. The van der Waals surface area contributed by atoms with Gasteiger partial charge in [0.25, 0.3) is 0 Å². The summed E-state index contributed by atoms with van der Waals surface area (Å²) in [6.07, 6.45) is 7.02. The molecular weight excluding hydrogens is 238 g/mol. The van der Waals surface area contributed by atoms with Gasteiger partial charge in [-0.2, -0.15) is 4.98 Å². The first kappa shape index (κ1) is 13.8. The van der Waals surface area contributed by atoms with Crippen LogP contribution < -0.4 is 11.1 Å². The van der Waals surface area contributed by atoms with E-state index < -0.39 is 0 Å². The molecule has 1 aromatic rings. The summed E-state index contributed by atoms with van der Waals surface area (Å²) in [5.74, 6) is 1.16. The Morgan fingerprint density at radius 1 is 1.32 bits per heavy atom. The third-order valence-electron chi connectivity index (χ3n) is 3.23. The van der Waals surface area contributed by atoms with E-state index in [0.29, 0.717) is 5.95 Å². The molecule has 1 heterocycles. The van der Waals surface area contributed by atoms with Crippen LogP contribution in [-0.4, -0.2) is 42.1 Å². The number of aromatic nitrogens is 2. The lowest BCUT2D eigenvalue weighted by molar-refractivity contribution is 0.425. The van der Waals surface area contributed by atoms with Crippen molar-refractivity contribution in [1.29, 1.82) is 0 Å². The largest absolute Gasteiger partial charge is 0.369 e. The fourth-order valence-electron chi connectivity index (χ4n) is 2.20. The standard InChI is InChI=1S/C14H23N5/c1-19(2)9-8-16-13-10-12(17-14(15)18-13)11-6-4-3-5-7-11/h6,10H,3-5,7-9H2,1-2H3,(H3,15,16,17,18). The van der Waals surface area contributed by atoms with E-state index in [1.54, 1.807) is 0 Å². The van der Waals surface area contributed by atoms with Crippen molar-refractivity contribution in [2.75, 3.05) is 38.2 Å². The minimum absolute atomic E-state index is 0.344. The van der Waals surface area contributed by atoms with Gasteiger partial charge >= 0.3 is 0 Å². The molecule has 1 aromatic heterocycles. The number of hydrogen-bond donors (Lipinski definition) is 2. The van der Waals surface area contributed by atoms with Gasteiger partial charge in [-0.25, -0.2) is 4.98 Å². The zero-order valence-corrected chi connectivity index (χ0v) is 11.8. The van der Waals surface area contributed by atoms with Crippen LogP contribution in [0.3, 0.4) is 0 Å². The van der Waals surface area contributed by atoms with Gasteiger partial charge in [0.05, 0.1) is 5.69 Å². The molecule has 0 aromatic carbocycles. The molecule has 1 aliphatic rings. The zero-order valence-electron chi connectivity index (χ0n) is 11.8. The number of nitrogen functional groups attached to an aromatic ring is 1. The lowest BCUT2D eigenvalue weighted by Crippen LogP contribution is -2.21. The molecular formula is C14H23N5. The summed E-state index contributed by atoms with van der Waals surface area (Å²) in [4.78, 5) is 10.7. The highest BCUT2D eigenvalue weighted by Gasteiger charge is 2.10. The molecule has 0 saturated heterocycles. The van der Waals surface area contributed by atoms with Gasteiger partial charge in [-0.1, -0.05) is 6.08 Å². The number of nitrogens with two attached hydrogens (primary N) is 1. The van der Waals surface area contributed by atoms with Crippen molar-refractivity contribution in [3.63, 3.8) is 0 Å². The summed E-state index contributed by atoms with van der Waals surface area (Å²) in [7, 11) is 4.10. The van der Waals surface area contributed by atoms with Gasteiger partial charge in [0.2, 0.25) is 5.95 Å². The third-order valence-corrected chi connectivity index (χ3v) is 3.23. The molecule has 0 bridgehead atoms. The predicted molar refractivity (Wildman–Crippen MR) is 79.9 cm³/mol. The minimum Gasteiger partial charge on any atom is -0.369 e. The van der Waals surface area contributed by atoms with Crippen LogP contribution in [0.4, 0.5) is 11.8 Å². The van der Waals surface area contributed by atoms with Gasteiger partial charge in [0, 0.05) is 19.2 Å². The number of anilines is 2. The fraction of sp³-hybridized carbons (Fsp3) is 0.571. The van der Waals surface area contributed by atoms with Crippen molar-refractivity contribution in [2.45, 2.75) is 25.7 Å². The highest BCUT2D eigenvalue weighted by atomic mass is 15.1. The van der Waals surface area contributed by atoms with Crippen LogP contribution in [0.2, 0.25) is 0 Å². The smallest absolute Gasteiger partial charge is 0.222 e. The van der Waals surface area contributed by atoms with Crippen molar-refractivity contribution in [2.24, 2.45) is 0 Å². The maximum Gasteiger partial charge on any atom is 0.222 e. The number of hydrogen-bond acceptors (Lipinski definition) is 5. The fourth-order valence-corrected chi connectivity index (χ4v) is 2.20. The molecule has 1 aliphatic carbocycles. The quantitative estimate of drug-likeness (QED) is 0.848. The first-order valence-corrected chi connectivity index (χ1v) is 6.88. The molecule has 5 nitrogen and oxygen atoms in total. The Balaban J connectivity index is 2.08. The maximum atomic E-state index is 5.80. The highest BCUT2D eigenvalue weighted by molar-refractivity contribution is 5.66. The zero-order chi connectivity index (χ0) is 13.7. The summed E-state index contributed by atoms with van der Waals surface area (Å²) < 4.78 is 0. The van der Waals surface area contributed by atoms with Crippen LogP contribution in [0.1, 0.15) is 31.4 Å². The van der Waals surface area contributed by atoms with Gasteiger partial charge < -0.3 is 16.0 Å². The number of nitrogens with zero attached hydrogens (tertiary/aromatic N) is 3. The first-order chi connectivity index (χ1) is 9.15. The Hall–Kier alpha value is -1.62. The molecule has 19 heavy (non-hydrogen) atoms. The normalized spacial score (nSPS) is 15.4. The summed E-state index contributed by atoms with van der Waals surface area (Å²) >= 11 is 0. The van der Waals surface area contributed by atoms with Crippen LogP contribution in [-0.2, 0) is 0 Å². The van der Waals surface area contributed by atoms with E-state index in [-0.39, 0.29) is 0 Å².